The van der Waals surface area contributed by atoms with Gasteiger partial charge in [0.05, 0.1) is 0 Å². The topological polar surface area (TPSA) is 59.2 Å². The van der Waals surface area contributed by atoms with Crippen LogP contribution in [0.2, 0.25) is 0 Å². The van der Waals surface area contributed by atoms with Gasteiger partial charge in [0.25, 0.3) is 5.91 Å². The molecule has 0 saturated carbocycles. The highest BCUT2D eigenvalue weighted by atomic mass is 35.5. The van der Waals surface area contributed by atoms with Crippen molar-refractivity contribution in [1.82, 2.24) is 9.88 Å². The number of rotatable bonds is 2. The Hall–Kier alpha value is -0.840. The van der Waals surface area contributed by atoms with E-state index in [4.69, 9.17) is 5.73 Å². The lowest BCUT2D eigenvalue weighted by atomic mass is 10.0. The molecular formula is C13H21Cl2N3O. The number of aromatic nitrogens is 1. The number of carbonyl (C=O) groups excluding carboxylic acids is 1. The number of hydrogen-bond donors (Lipinski definition) is 1. The zero-order valence-corrected chi connectivity index (χ0v) is 12.8. The first-order valence-electron chi connectivity index (χ1n) is 6.06. The van der Waals surface area contributed by atoms with Gasteiger partial charge >= 0.3 is 0 Å². The second kappa shape index (κ2) is 7.68. The van der Waals surface area contributed by atoms with Crippen molar-refractivity contribution in [3.05, 3.63) is 29.6 Å². The number of nitrogens with two attached hydrogens (primary N) is 1. The van der Waals surface area contributed by atoms with Gasteiger partial charge in [0, 0.05) is 24.8 Å². The van der Waals surface area contributed by atoms with Crippen LogP contribution in [0.1, 0.15) is 29.5 Å². The number of hydrogen-bond acceptors (Lipinski definition) is 3. The molecule has 1 aliphatic rings. The smallest absolute Gasteiger partial charge is 0.272 e. The maximum atomic E-state index is 12.2. The Morgan fingerprint density at radius 1 is 1.47 bits per heavy atom. The van der Waals surface area contributed by atoms with Crippen molar-refractivity contribution in [1.29, 1.82) is 0 Å². The van der Waals surface area contributed by atoms with Crippen molar-refractivity contribution >= 4 is 30.7 Å². The van der Waals surface area contributed by atoms with E-state index < -0.39 is 0 Å². The van der Waals surface area contributed by atoms with Crippen LogP contribution in [0.5, 0.6) is 0 Å². The lowest BCUT2D eigenvalue weighted by Gasteiger charge is -2.17. The number of nitrogens with zero attached hydrogens (tertiary/aromatic N) is 2. The molecule has 1 aliphatic heterocycles. The molecule has 0 radical (unpaired) electrons. The third-order valence-electron chi connectivity index (χ3n) is 3.36. The minimum atomic E-state index is 0. The molecule has 108 valence electrons. The van der Waals surface area contributed by atoms with Gasteiger partial charge in [-0.05, 0) is 38.3 Å². The van der Waals surface area contributed by atoms with Gasteiger partial charge in [-0.15, -0.1) is 24.8 Å². The van der Waals surface area contributed by atoms with Crippen LogP contribution in [0.25, 0.3) is 0 Å². The van der Waals surface area contributed by atoms with Crippen molar-refractivity contribution in [2.75, 3.05) is 13.1 Å². The molecule has 0 spiro atoms. The first-order valence-corrected chi connectivity index (χ1v) is 6.06. The molecule has 2 unspecified atom stereocenters. The van der Waals surface area contributed by atoms with Crippen LogP contribution >= 0.6 is 24.8 Å². The van der Waals surface area contributed by atoms with Gasteiger partial charge in [-0.2, -0.15) is 0 Å². The minimum absolute atomic E-state index is 0. The van der Waals surface area contributed by atoms with Gasteiger partial charge in [0.2, 0.25) is 0 Å². The monoisotopic (exact) mass is 305 g/mol. The van der Waals surface area contributed by atoms with Crippen LogP contribution < -0.4 is 5.73 Å². The molecule has 1 aromatic rings. The van der Waals surface area contributed by atoms with Gasteiger partial charge in [-0.25, -0.2) is 4.98 Å². The van der Waals surface area contributed by atoms with E-state index in [-0.39, 0.29) is 36.8 Å². The van der Waals surface area contributed by atoms with E-state index in [0.29, 0.717) is 11.6 Å². The highest BCUT2D eigenvalue weighted by Gasteiger charge is 2.29. The molecule has 2 N–H and O–H groups in total. The molecule has 0 aliphatic carbocycles. The molecular weight excluding hydrogens is 285 g/mol. The van der Waals surface area contributed by atoms with Crippen LogP contribution in [0, 0.1) is 12.8 Å². The van der Waals surface area contributed by atoms with E-state index in [1.54, 1.807) is 6.07 Å². The Bertz CT molecular complexity index is 426. The van der Waals surface area contributed by atoms with Crippen molar-refractivity contribution < 1.29 is 4.79 Å². The predicted octanol–water partition coefficient (Wildman–Crippen LogP) is 2.04. The molecule has 1 aromatic heterocycles. The maximum Gasteiger partial charge on any atom is 0.272 e. The average Bonchev–Trinajstić information content (AvgIpc) is 2.77. The summed E-state index contributed by atoms with van der Waals surface area (Å²) in [5, 5.41) is 0. The minimum Gasteiger partial charge on any atom is -0.337 e. The molecule has 0 bridgehead atoms. The van der Waals surface area contributed by atoms with Crippen LogP contribution in [-0.4, -0.2) is 34.9 Å². The van der Waals surface area contributed by atoms with Crippen molar-refractivity contribution in [3.63, 3.8) is 0 Å². The summed E-state index contributed by atoms with van der Waals surface area (Å²) in [6, 6.07) is 5.69. The highest BCUT2D eigenvalue weighted by Crippen LogP contribution is 2.20. The standard InChI is InChI=1S/C13H19N3O.2ClH/c1-9-4-3-5-12(15-9)13(17)16-7-6-11(8-16)10(2)14;;/h3-5,10-11H,6-8,14H2,1-2H3;2*1H. The molecule has 2 heterocycles. The molecule has 1 fully saturated rings. The fourth-order valence-electron chi connectivity index (χ4n) is 2.23. The summed E-state index contributed by atoms with van der Waals surface area (Å²) >= 11 is 0. The number of carbonyl (C=O) groups is 1. The van der Waals surface area contributed by atoms with Crippen LogP contribution in [0.3, 0.4) is 0 Å². The second-order valence-electron chi connectivity index (χ2n) is 4.82. The molecule has 19 heavy (non-hydrogen) atoms. The van der Waals surface area contributed by atoms with Crippen molar-refractivity contribution in [3.8, 4) is 0 Å². The molecule has 2 atom stereocenters. The molecule has 6 heteroatoms. The molecule has 4 nitrogen and oxygen atoms in total. The van der Waals surface area contributed by atoms with E-state index in [1.165, 1.54) is 0 Å². The van der Waals surface area contributed by atoms with Crippen LogP contribution in [0.4, 0.5) is 0 Å². The van der Waals surface area contributed by atoms with Gasteiger partial charge < -0.3 is 10.6 Å². The van der Waals surface area contributed by atoms with Gasteiger partial charge in [0.15, 0.2) is 0 Å². The van der Waals surface area contributed by atoms with Crippen LogP contribution in [0.15, 0.2) is 18.2 Å². The van der Waals surface area contributed by atoms with Gasteiger partial charge in [-0.1, -0.05) is 6.07 Å². The summed E-state index contributed by atoms with van der Waals surface area (Å²) in [5.74, 6) is 0.445. The number of aryl methyl sites for hydroxylation is 1. The predicted molar refractivity (Wildman–Crippen MR) is 81.1 cm³/mol. The second-order valence-corrected chi connectivity index (χ2v) is 4.82. The van der Waals surface area contributed by atoms with Crippen molar-refractivity contribution in [2.45, 2.75) is 26.3 Å². The van der Waals surface area contributed by atoms with Gasteiger partial charge in [0.1, 0.15) is 5.69 Å². The number of likely N-dealkylation sites (tertiary alicyclic amines) is 1. The molecule has 2 rings (SSSR count). The molecule has 1 saturated heterocycles. The zero-order valence-electron chi connectivity index (χ0n) is 11.2. The fraction of sp³-hybridized carbons (Fsp3) is 0.538. The van der Waals surface area contributed by atoms with E-state index in [9.17, 15) is 4.79 Å². The van der Waals surface area contributed by atoms with E-state index in [0.717, 1.165) is 25.2 Å². The summed E-state index contributed by atoms with van der Waals surface area (Å²) in [4.78, 5) is 18.3. The summed E-state index contributed by atoms with van der Waals surface area (Å²) < 4.78 is 0. The van der Waals surface area contributed by atoms with E-state index in [1.807, 2.05) is 30.9 Å². The average molecular weight is 306 g/mol. The Balaban J connectivity index is 0.00000162. The largest absolute Gasteiger partial charge is 0.337 e. The Labute approximate surface area is 126 Å². The summed E-state index contributed by atoms with van der Waals surface area (Å²) in [5.41, 5.74) is 7.28. The third-order valence-corrected chi connectivity index (χ3v) is 3.36. The SMILES string of the molecule is Cc1cccc(C(=O)N2CCC(C(C)N)C2)n1.Cl.Cl. The van der Waals surface area contributed by atoms with Crippen molar-refractivity contribution in [2.24, 2.45) is 11.7 Å². The van der Waals surface area contributed by atoms with Crippen LogP contribution in [-0.2, 0) is 0 Å². The maximum absolute atomic E-state index is 12.2. The Morgan fingerprint density at radius 2 is 2.16 bits per heavy atom. The normalized spacial score (nSPS) is 19.3. The fourth-order valence-corrected chi connectivity index (χ4v) is 2.23. The number of halogens is 2. The third kappa shape index (κ3) is 4.34. The highest BCUT2D eigenvalue weighted by molar-refractivity contribution is 5.92. The quantitative estimate of drug-likeness (QED) is 0.909. The number of pyridine rings is 1. The molecule has 1 amide bonds. The lowest BCUT2D eigenvalue weighted by molar-refractivity contribution is 0.0780. The Morgan fingerprint density at radius 3 is 2.68 bits per heavy atom. The zero-order chi connectivity index (χ0) is 12.4. The first-order chi connectivity index (χ1) is 8.08. The number of amides is 1. The lowest BCUT2D eigenvalue weighted by Crippen LogP contribution is -2.33. The van der Waals surface area contributed by atoms with Gasteiger partial charge in [-0.3, -0.25) is 4.79 Å². The first kappa shape index (κ1) is 18.2. The summed E-state index contributed by atoms with van der Waals surface area (Å²) in [7, 11) is 0. The van der Waals surface area contributed by atoms with E-state index >= 15 is 0 Å². The van der Waals surface area contributed by atoms with E-state index in [2.05, 4.69) is 4.98 Å². The Kier molecular flexibility index (Phi) is 7.34. The molecule has 0 aromatic carbocycles. The summed E-state index contributed by atoms with van der Waals surface area (Å²) in [6.07, 6.45) is 0.995. The summed E-state index contributed by atoms with van der Waals surface area (Å²) in [6.45, 7) is 5.45.